The van der Waals surface area contributed by atoms with Crippen LogP contribution in [0.2, 0.25) is 5.02 Å². The van der Waals surface area contributed by atoms with Crippen LogP contribution in [0.3, 0.4) is 0 Å². The number of anilines is 1. The Hall–Kier alpha value is -1.65. The summed E-state index contributed by atoms with van der Waals surface area (Å²) in [6.45, 7) is 0.725. The Morgan fingerprint density at radius 1 is 0.968 bits per heavy atom. The Morgan fingerprint density at radius 2 is 1.65 bits per heavy atom. The molecule has 1 saturated heterocycles. The molecule has 4 rings (SSSR count). The smallest absolute Gasteiger partial charge is 0.264 e. The van der Waals surface area contributed by atoms with Crippen molar-refractivity contribution in [1.29, 1.82) is 0 Å². The van der Waals surface area contributed by atoms with Crippen molar-refractivity contribution in [2.45, 2.75) is 67.8 Å². The zero-order chi connectivity index (χ0) is 21.5. The maximum atomic E-state index is 13.2. The van der Waals surface area contributed by atoms with E-state index in [1.54, 1.807) is 12.1 Å². The van der Waals surface area contributed by atoms with E-state index in [0.29, 0.717) is 20.8 Å². The van der Waals surface area contributed by atoms with Gasteiger partial charge in [-0.1, -0.05) is 74.0 Å². The van der Waals surface area contributed by atoms with Gasteiger partial charge in [-0.25, -0.2) is 0 Å². The third-order valence-electron chi connectivity index (χ3n) is 6.55. The monoisotopic (exact) mass is 457 g/mol. The standard InChI is InChI=1S/C26H32ClNO2S/c27-23-13-7-8-14-24(23)30-20-25(29)28(21-11-5-4-6-12-21)19-22-15-18-26(31-22)16-9-2-1-3-10-17-26/h4-8,11-14,22H,1-3,9-10,15-20H2. The van der Waals surface area contributed by atoms with Crippen LogP contribution in [0.4, 0.5) is 5.69 Å². The van der Waals surface area contributed by atoms with Crippen molar-refractivity contribution < 1.29 is 9.53 Å². The third-order valence-corrected chi connectivity index (χ3v) is 8.69. The molecule has 1 spiro atoms. The summed E-state index contributed by atoms with van der Waals surface area (Å²) >= 11 is 8.35. The van der Waals surface area contributed by atoms with Crippen LogP contribution in [0.25, 0.3) is 0 Å². The number of hydrogen-bond acceptors (Lipinski definition) is 3. The van der Waals surface area contributed by atoms with E-state index in [4.69, 9.17) is 16.3 Å². The summed E-state index contributed by atoms with van der Waals surface area (Å²) in [6.07, 6.45) is 12.0. The molecule has 3 nitrogen and oxygen atoms in total. The summed E-state index contributed by atoms with van der Waals surface area (Å²) < 4.78 is 6.21. The molecule has 2 aliphatic rings. The Balaban J connectivity index is 1.43. The summed E-state index contributed by atoms with van der Waals surface area (Å²) in [6, 6.07) is 17.3. The first-order valence-electron chi connectivity index (χ1n) is 11.6. The van der Waals surface area contributed by atoms with Gasteiger partial charge in [0.2, 0.25) is 0 Å². The first kappa shape index (κ1) is 22.5. The predicted molar refractivity (Wildman–Crippen MR) is 131 cm³/mol. The van der Waals surface area contributed by atoms with Gasteiger partial charge in [0, 0.05) is 22.2 Å². The SMILES string of the molecule is O=C(COc1ccccc1Cl)N(CC1CCC2(CCCCCCC2)S1)c1ccccc1. The summed E-state index contributed by atoms with van der Waals surface area (Å²) in [5.41, 5.74) is 0.939. The summed E-state index contributed by atoms with van der Waals surface area (Å²) in [5.74, 6) is 0.527. The maximum Gasteiger partial charge on any atom is 0.264 e. The van der Waals surface area contributed by atoms with Gasteiger partial charge in [0.25, 0.3) is 5.91 Å². The van der Waals surface area contributed by atoms with Gasteiger partial charge in [0.15, 0.2) is 6.61 Å². The Kier molecular flexibility index (Phi) is 7.84. The molecule has 2 aromatic rings. The van der Waals surface area contributed by atoms with Gasteiger partial charge in [-0.3, -0.25) is 4.79 Å². The van der Waals surface area contributed by atoms with Crippen LogP contribution in [-0.4, -0.2) is 29.1 Å². The predicted octanol–water partition coefficient (Wildman–Crippen LogP) is 7.13. The zero-order valence-electron chi connectivity index (χ0n) is 18.1. The number of para-hydroxylation sites is 2. The van der Waals surface area contributed by atoms with Gasteiger partial charge in [-0.05, 0) is 49.9 Å². The van der Waals surface area contributed by atoms with Crippen molar-refractivity contribution in [3.63, 3.8) is 0 Å². The number of benzene rings is 2. The van der Waals surface area contributed by atoms with Crippen molar-refractivity contribution in [1.82, 2.24) is 0 Å². The van der Waals surface area contributed by atoms with Crippen LogP contribution in [0.5, 0.6) is 5.75 Å². The second kappa shape index (κ2) is 10.8. The normalized spacial score (nSPS) is 20.7. The molecule has 1 aliphatic heterocycles. The fourth-order valence-electron chi connectivity index (χ4n) is 4.88. The molecule has 1 unspecified atom stereocenters. The van der Waals surface area contributed by atoms with Gasteiger partial charge < -0.3 is 9.64 Å². The maximum absolute atomic E-state index is 13.2. The molecule has 0 bridgehead atoms. The first-order valence-corrected chi connectivity index (χ1v) is 12.8. The number of amides is 1. The van der Waals surface area contributed by atoms with E-state index < -0.39 is 0 Å². The molecule has 0 N–H and O–H groups in total. The Morgan fingerprint density at radius 3 is 2.39 bits per heavy atom. The molecule has 0 aromatic heterocycles. The van der Waals surface area contributed by atoms with E-state index in [-0.39, 0.29) is 12.5 Å². The van der Waals surface area contributed by atoms with Crippen LogP contribution >= 0.6 is 23.4 Å². The van der Waals surface area contributed by atoms with Crippen LogP contribution in [0.15, 0.2) is 54.6 Å². The Labute approximate surface area is 195 Å². The van der Waals surface area contributed by atoms with Gasteiger partial charge in [0.1, 0.15) is 5.75 Å². The van der Waals surface area contributed by atoms with Gasteiger partial charge in [-0.2, -0.15) is 0 Å². The molecule has 166 valence electrons. The lowest BCUT2D eigenvalue weighted by Crippen LogP contribution is -2.39. The van der Waals surface area contributed by atoms with E-state index in [2.05, 4.69) is 11.8 Å². The van der Waals surface area contributed by atoms with Crippen LogP contribution in [0.1, 0.15) is 57.8 Å². The number of thioether (sulfide) groups is 1. The molecule has 1 aliphatic carbocycles. The molecular weight excluding hydrogens is 426 g/mol. The largest absolute Gasteiger partial charge is 0.482 e. The van der Waals surface area contributed by atoms with E-state index in [1.165, 1.54) is 57.8 Å². The van der Waals surface area contributed by atoms with Crippen molar-refractivity contribution in [2.24, 2.45) is 0 Å². The highest BCUT2D eigenvalue weighted by Gasteiger charge is 2.40. The number of halogens is 1. The molecule has 2 fully saturated rings. The number of carbonyl (C=O) groups is 1. The number of hydrogen-bond donors (Lipinski definition) is 0. The fourth-order valence-corrected chi connectivity index (χ4v) is 7.00. The zero-order valence-corrected chi connectivity index (χ0v) is 19.7. The van der Waals surface area contributed by atoms with E-state index in [1.807, 2.05) is 47.4 Å². The van der Waals surface area contributed by atoms with E-state index in [0.717, 1.165) is 12.2 Å². The second-order valence-electron chi connectivity index (χ2n) is 8.79. The average Bonchev–Trinajstić information content (AvgIpc) is 3.18. The summed E-state index contributed by atoms with van der Waals surface area (Å²) in [5, 5.41) is 1.00. The molecular formula is C26H32ClNO2S. The lowest BCUT2D eigenvalue weighted by atomic mass is 9.87. The molecule has 1 atom stereocenters. The molecule has 0 radical (unpaired) electrons. The molecule has 31 heavy (non-hydrogen) atoms. The minimum Gasteiger partial charge on any atom is -0.482 e. The Bertz CT molecular complexity index is 851. The number of ether oxygens (including phenoxy) is 1. The number of rotatable bonds is 6. The first-order chi connectivity index (χ1) is 15.2. The number of carbonyl (C=O) groups excluding carboxylic acids is 1. The minimum atomic E-state index is -0.0228. The molecule has 1 saturated carbocycles. The van der Waals surface area contributed by atoms with E-state index >= 15 is 0 Å². The quantitative estimate of drug-likeness (QED) is 0.462. The van der Waals surface area contributed by atoms with Gasteiger partial charge in [-0.15, -0.1) is 11.8 Å². The van der Waals surface area contributed by atoms with Gasteiger partial charge >= 0.3 is 0 Å². The molecule has 1 amide bonds. The van der Waals surface area contributed by atoms with Gasteiger partial charge in [0.05, 0.1) is 5.02 Å². The molecule has 1 heterocycles. The highest BCUT2D eigenvalue weighted by Crippen LogP contribution is 2.50. The topological polar surface area (TPSA) is 29.5 Å². The van der Waals surface area contributed by atoms with Crippen molar-refractivity contribution >= 4 is 35.0 Å². The van der Waals surface area contributed by atoms with Crippen molar-refractivity contribution in [3.8, 4) is 5.75 Å². The van der Waals surface area contributed by atoms with Crippen molar-refractivity contribution in [3.05, 3.63) is 59.6 Å². The van der Waals surface area contributed by atoms with Crippen LogP contribution in [0, 0.1) is 0 Å². The second-order valence-corrected chi connectivity index (χ2v) is 11.0. The molecule has 5 heteroatoms. The molecule has 2 aromatic carbocycles. The van der Waals surface area contributed by atoms with E-state index in [9.17, 15) is 4.79 Å². The lowest BCUT2D eigenvalue weighted by molar-refractivity contribution is -0.120. The summed E-state index contributed by atoms with van der Waals surface area (Å²) in [7, 11) is 0. The highest BCUT2D eigenvalue weighted by atomic mass is 35.5. The highest BCUT2D eigenvalue weighted by molar-refractivity contribution is 8.01. The fraction of sp³-hybridized carbons (Fsp3) is 0.500. The van der Waals surface area contributed by atoms with Crippen molar-refractivity contribution in [2.75, 3.05) is 18.1 Å². The van der Waals surface area contributed by atoms with Crippen LogP contribution < -0.4 is 9.64 Å². The lowest BCUT2D eigenvalue weighted by Gasteiger charge is -2.32. The minimum absolute atomic E-state index is 0.0127. The third kappa shape index (κ3) is 5.98. The summed E-state index contributed by atoms with van der Waals surface area (Å²) in [4.78, 5) is 15.1. The number of nitrogens with zero attached hydrogens (tertiary/aromatic N) is 1. The average molecular weight is 458 g/mol. The van der Waals surface area contributed by atoms with Crippen LogP contribution in [-0.2, 0) is 4.79 Å².